The third-order valence-electron chi connectivity index (χ3n) is 2.21. The van der Waals surface area contributed by atoms with Gasteiger partial charge in [-0.3, -0.25) is 0 Å². The summed E-state index contributed by atoms with van der Waals surface area (Å²) < 4.78 is 54.8. The fourth-order valence-corrected chi connectivity index (χ4v) is 1.59. The second-order valence-electron chi connectivity index (χ2n) is 3.82. The zero-order valence-electron chi connectivity index (χ0n) is 9.47. The Hall–Kier alpha value is -0.820. The van der Waals surface area contributed by atoms with Gasteiger partial charge in [-0.1, -0.05) is 22.0 Å². The van der Waals surface area contributed by atoms with Crippen molar-refractivity contribution in [3.63, 3.8) is 0 Å². The molecule has 1 atom stereocenters. The summed E-state index contributed by atoms with van der Waals surface area (Å²) >= 11 is 3.14. The zero-order chi connectivity index (χ0) is 13.9. The van der Waals surface area contributed by atoms with Crippen LogP contribution >= 0.6 is 15.9 Å². The minimum atomic E-state index is -4.18. The minimum absolute atomic E-state index is 0.0692. The van der Waals surface area contributed by atoms with E-state index in [1.54, 1.807) is 19.1 Å². The Kier molecular flexibility index (Phi) is 4.98. The predicted octanol–water partition coefficient (Wildman–Crippen LogP) is 3.75. The van der Waals surface area contributed by atoms with Gasteiger partial charge in [0, 0.05) is 16.1 Å². The second-order valence-corrected chi connectivity index (χ2v) is 4.74. The number of benzene rings is 1. The average Bonchev–Trinajstić information content (AvgIpc) is 2.26. The van der Waals surface area contributed by atoms with Crippen molar-refractivity contribution in [2.45, 2.75) is 25.3 Å². The topological polar surface area (TPSA) is 35.2 Å². The smallest absolute Gasteiger partial charge is 0.340 e. The second kappa shape index (κ2) is 5.88. The third kappa shape index (κ3) is 3.84. The van der Waals surface area contributed by atoms with Crippen LogP contribution in [-0.4, -0.2) is 19.0 Å². The Morgan fingerprint density at radius 2 is 2.00 bits per heavy atom. The fourth-order valence-electron chi connectivity index (χ4n) is 1.25. The first-order chi connectivity index (χ1) is 8.24. The lowest BCUT2D eigenvalue weighted by molar-refractivity contribution is -0.148. The van der Waals surface area contributed by atoms with Crippen LogP contribution in [0.15, 0.2) is 22.7 Å². The van der Waals surface area contributed by atoms with Crippen LogP contribution < -0.4 is 10.5 Å². The summed E-state index contributed by atoms with van der Waals surface area (Å²) in [5.41, 5.74) is 6.11. The predicted molar refractivity (Wildman–Crippen MR) is 63.2 cm³/mol. The summed E-state index contributed by atoms with van der Waals surface area (Å²) in [5, 5.41) is 0. The Morgan fingerprint density at radius 3 is 2.50 bits per heavy atom. The van der Waals surface area contributed by atoms with Crippen molar-refractivity contribution in [1.82, 2.24) is 0 Å². The lowest BCUT2D eigenvalue weighted by atomic mass is 10.1. The van der Waals surface area contributed by atoms with Crippen LogP contribution in [-0.2, 0) is 0 Å². The summed E-state index contributed by atoms with van der Waals surface area (Å²) in [6.45, 7) is 0.252. The minimum Gasteiger partial charge on any atom is -0.487 e. The molecular formula is C11H12BrF4NO. The molecule has 0 fully saturated rings. The number of rotatable bonds is 5. The number of hydrogen-bond acceptors (Lipinski definition) is 2. The summed E-state index contributed by atoms with van der Waals surface area (Å²) in [7, 11) is 0. The van der Waals surface area contributed by atoms with Crippen molar-refractivity contribution >= 4 is 15.9 Å². The molecule has 1 rings (SSSR count). The Bertz CT molecular complexity index is 412. The molecule has 0 spiro atoms. The quantitative estimate of drug-likeness (QED) is 0.835. The molecule has 0 aliphatic heterocycles. The number of alkyl halides is 4. The van der Waals surface area contributed by atoms with Gasteiger partial charge in [0.2, 0.25) is 0 Å². The van der Waals surface area contributed by atoms with Crippen molar-refractivity contribution in [3.05, 3.63) is 28.2 Å². The fraction of sp³-hybridized carbons (Fsp3) is 0.455. The number of nitrogens with two attached hydrogens (primary N) is 1. The van der Waals surface area contributed by atoms with Crippen molar-refractivity contribution in [2.75, 3.05) is 6.61 Å². The molecule has 0 aromatic heterocycles. The van der Waals surface area contributed by atoms with Gasteiger partial charge in [-0.25, -0.2) is 8.78 Å². The lowest BCUT2D eigenvalue weighted by Crippen LogP contribution is -2.34. The zero-order valence-corrected chi connectivity index (χ0v) is 11.1. The molecule has 2 nitrogen and oxygen atoms in total. The molecule has 1 aromatic rings. The largest absolute Gasteiger partial charge is 0.487 e. The van der Waals surface area contributed by atoms with Crippen LogP contribution in [0, 0.1) is 0 Å². The molecular weight excluding hydrogens is 318 g/mol. The normalized spacial score (nSPS) is 13.8. The van der Waals surface area contributed by atoms with Gasteiger partial charge in [0.15, 0.2) is 6.61 Å². The van der Waals surface area contributed by atoms with E-state index in [0.717, 1.165) is 0 Å². The number of hydrogen-bond donors (Lipinski definition) is 1. The van der Waals surface area contributed by atoms with Gasteiger partial charge in [0.1, 0.15) is 5.75 Å². The molecule has 1 unspecified atom stereocenters. The van der Waals surface area contributed by atoms with Crippen LogP contribution in [0.3, 0.4) is 0 Å². The SMILES string of the molecule is CC(N)c1ccc(Br)cc1OCC(F)(F)C(F)F. The van der Waals surface area contributed by atoms with E-state index in [2.05, 4.69) is 15.9 Å². The molecule has 0 aliphatic rings. The molecule has 0 heterocycles. The Balaban J connectivity index is 2.87. The third-order valence-corrected chi connectivity index (χ3v) is 2.70. The van der Waals surface area contributed by atoms with Crippen LogP contribution in [0.1, 0.15) is 18.5 Å². The van der Waals surface area contributed by atoms with Gasteiger partial charge < -0.3 is 10.5 Å². The molecule has 0 saturated heterocycles. The monoisotopic (exact) mass is 329 g/mol. The maximum atomic E-state index is 12.7. The standard InChI is InChI=1S/C11H12BrF4NO/c1-6(17)8-3-2-7(12)4-9(8)18-5-11(15,16)10(13)14/h2-4,6,10H,5,17H2,1H3. The van der Waals surface area contributed by atoms with E-state index >= 15 is 0 Å². The van der Waals surface area contributed by atoms with Gasteiger partial charge in [-0.2, -0.15) is 8.78 Å². The van der Waals surface area contributed by atoms with Crippen LogP contribution in [0.5, 0.6) is 5.75 Å². The molecule has 0 amide bonds. The maximum Gasteiger partial charge on any atom is 0.340 e. The van der Waals surface area contributed by atoms with Crippen molar-refractivity contribution in [1.29, 1.82) is 0 Å². The molecule has 7 heteroatoms. The van der Waals surface area contributed by atoms with Gasteiger partial charge in [0.05, 0.1) is 0 Å². The molecule has 0 bridgehead atoms. The molecule has 18 heavy (non-hydrogen) atoms. The van der Waals surface area contributed by atoms with Crippen molar-refractivity contribution in [2.24, 2.45) is 5.73 Å². The van der Waals surface area contributed by atoms with Gasteiger partial charge in [-0.15, -0.1) is 0 Å². The van der Waals surface area contributed by atoms with Gasteiger partial charge in [0.25, 0.3) is 0 Å². The molecule has 0 radical (unpaired) electrons. The Morgan fingerprint density at radius 1 is 1.39 bits per heavy atom. The van der Waals surface area contributed by atoms with Crippen molar-refractivity contribution in [3.8, 4) is 5.75 Å². The van der Waals surface area contributed by atoms with E-state index in [-0.39, 0.29) is 5.75 Å². The molecule has 2 N–H and O–H groups in total. The van der Waals surface area contributed by atoms with Gasteiger partial charge >= 0.3 is 12.3 Å². The summed E-state index contributed by atoms with van der Waals surface area (Å²) in [6, 6.07) is 4.22. The highest BCUT2D eigenvalue weighted by molar-refractivity contribution is 9.10. The first-order valence-electron chi connectivity index (χ1n) is 5.08. The summed E-state index contributed by atoms with van der Waals surface area (Å²) in [4.78, 5) is 0. The average molecular weight is 330 g/mol. The highest BCUT2D eigenvalue weighted by Crippen LogP contribution is 2.30. The number of ether oxygens (including phenoxy) is 1. The Labute approximate surface area is 110 Å². The van der Waals surface area contributed by atoms with E-state index in [9.17, 15) is 17.6 Å². The highest BCUT2D eigenvalue weighted by Gasteiger charge is 2.41. The highest BCUT2D eigenvalue weighted by atomic mass is 79.9. The van der Waals surface area contributed by atoms with Gasteiger partial charge in [-0.05, 0) is 19.1 Å². The van der Waals surface area contributed by atoms with Crippen LogP contribution in [0.2, 0.25) is 0 Å². The summed E-state index contributed by atoms with van der Waals surface area (Å²) in [5.74, 6) is -4.11. The molecule has 0 saturated carbocycles. The van der Waals surface area contributed by atoms with E-state index in [1.165, 1.54) is 6.07 Å². The van der Waals surface area contributed by atoms with Crippen LogP contribution in [0.4, 0.5) is 17.6 Å². The first kappa shape index (κ1) is 15.2. The lowest BCUT2D eigenvalue weighted by Gasteiger charge is -2.19. The molecule has 102 valence electrons. The number of halogens is 5. The summed E-state index contributed by atoms with van der Waals surface area (Å²) in [6.07, 6.45) is -3.76. The van der Waals surface area contributed by atoms with E-state index in [4.69, 9.17) is 10.5 Å². The molecule has 0 aliphatic carbocycles. The maximum absolute atomic E-state index is 12.7. The first-order valence-corrected chi connectivity index (χ1v) is 5.87. The van der Waals surface area contributed by atoms with Crippen molar-refractivity contribution < 1.29 is 22.3 Å². The van der Waals surface area contributed by atoms with E-state index < -0.39 is 25.0 Å². The van der Waals surface area contributed by atoms with E-state index in [1.807, 2.05) is 0 Å². The molecule has 1 aromatic carbocycles. The van der Waals surface area contributed by atoms with Crippen LogP contribution in [0.25, 0.3) is 0 Å². The van der Waals surface area contributed by atoms with E-state index in [0.29, 0.717) is 10.0 Å².